The van der Waals surface area contributed by atoms with Crippen LogP contribution in [-0.4, -0.2) is 0 Å². The molecule has 6 heteroatoms. The Labute approximate surface area is 126 Å². The van der Waals surface area contributed by atoms with E-state index in [-0.39, 0.29) is 17.4 Å². The fourth-order valence-electron chi connectivity index (χ4n) is 1.46. The summed E-state index contributed by atoms with van der Waals surface area (Å²) >= 11 is 11.6. The molecule has 0 atom stereocenters. The largest absolute Gasteiger partial charge is 0.457 e. The van der Waals surface area contributed by atoms with Crippen LogP contribution >= 0.6 is 35.6 Å². The van der Waals surface area contributed by atoms with E-state index in [2.05, 4.69) is 0 Å². The van der Waals surface area contributed by atoms with Crippen LogP contribution in [0.1, 0.15) is 5.56 Å². The molecule has 2 aromatic rings. The van der Waals surface area contributed by atoms with Crippen molar-refractivity contribution in [2.45, 2.75) is 6.54 Å². The average Bonchev–Trinajstić information content (AvgIpc) is 2.34. The molecule has 2 rings (SSSR count). The fraction of sp³-hybridized carbons (Fsp3) is 0.0769. The molecule has 0 unspecified atom stereocenters. The second kappa shape index (κ2) is 6.96. The third-order valence-corrected chi connectivity index (χ3v) is 2.89. The summed E-state index contributed by atoms with van der Waals surface area (Å²) in [6, 6.07) is 9.29. The molecule has 2 nitrogen and oxygen atoms in total. The van der Waals surface area contributed by atoms with Gasteiger partial charge in [0.05, 0.1) is 5.02 Å². The Morgan fingerprint density at radius 3 is 2.47 bits per heavy atom. The topological polar surface area (TPSA) is 35.2 Å². The van der Waals surface area contributed by atoms with E-state index in [1.807, 2.05) is 0 Å². The summed E-state index contributed by atoms with van der Waals surface area (Å²) in [5.41, 5.74) is 6.40. The minimum absolute atomic E-state index is 0. The summed E-state index contributed by atoms with van der Waals surface area (Å²) < 4.78 is 18.6. The number of halogens is 4. The first-order chi connectivity index (χ1) is 8.60. The molecule has 0 spiro atoms. The van der Waals surface area contributed by atoms with Gasteiger partial charge in [0.15, 0.2) is 0 Å². The van der Waals surface area contributed by atoms with Gasteiger partial charge in [-0.1, -0.05) is 29.3 Å². The Hall–Kier alpha value is -1.00. The molecule has 0 aliphatic rings. The summed E-state index contributed by atoms with van der Waals surface area (Å²) in [5.74, 6) is 0.472. The van der Waals surface area contributed by atoms with E-state index >= 15 is 0 Å². The Balaban J connectivity index is 0.00000180. The Morgan fingerprint density at radius 1 is 1.11 bits per heavy atom. The van der Waals surface area contributed by atoms with Crippen molar-refractivity contribution in [3.8, 4) is 11.5 Å². The molecule has 0 heterocycles. The summed E-state index contributed by atoms with van der Waals surface area (Å²) in [6.07, 6.45) is 0. The molecule has 0 bridgehead atoms. The van der Waals surface area contributed by atoms with Crippen LogP contribution in [0.3, 0.4) is 0 Å². The van der Waals surface area contributed by atoms with Gasteiger partial charge in [0.1, 0.15) is 17.3 Å². The molecule has 0 aromatic heterocycles. The lowest BCUT2D eigenvalue weighted by Crippen LogP contribution is -1.99. The highest BCUT2D eigenvalue weighted by Gasteiger charge is 2.07. The lowest BCUT2D eigenvalue weighted by molar-refractivity contribution is 0.474. The van der Waals surface area contributed by atoms with Crippen molar-refractivity contribution in [3.05, 3.63) is 57.8 Å². The predicted octanol–water partition coefficient (Wildman–Crippen LogP) is 4.81. The maximum atomic E-state index is 13.0. The Kier molecular flexibility index (Phi) is 5.88. The van der Waals surface area contributed by atoms with Crippen LogP contribution in [-0.2, 0) is 6.54 Å². The SMILES string of the molecule is Cl.NCc1ccc(Cl)cc1Oc1ccc(F)c(Cl)c1. The highest BCUT2D eigenvalue weighted by Crippen LogP contribution is 2.30. The molecule has 0 aliphatic carbocycles. The molecular weight excluding hydrogens is 312 g/mol. The third kappa shape index (κ3) is 3.98. The van der Waals surface area contributed by atoms with Gasteiger partial charge in [-0.05, 0) is 24.3 Å². The molecule has 0 aliphatic heterocycles. The molecule has 0 saturated carbocycles. The van der Waals surface area contributed by atoms with Gasteiger partial charge in [-0.2, -0.15) is 0 Å². The second-order valence-corrected chi connectivity index (χ2v) is 4.48. The maximum absolute atomic E-state index is 13.0. The first-order valence-corrected chi connectivity index (χ1v) is 5.97. The fourth-order valence-corrected chi connectivity index (χ4v) is 1.79. The Bertz CT molecular complexity index is 578. The molecule has 102 valence electrons. The monoisotopic (exact) mass is 321 g/mol. The van der Waals surface area contributed by atoms with E-state index in [9.17, 15) is 4.39 Å². The molecule has 0 fully saturated rings. The summed E-state index contributed by atoms with van der Waals surface area (Å²) in [4.78, 5) is 0. The van der Waals surface area contributed by atoms with E-state index in [4.69, 9.17) is 33.7 Å². The molecule has 0 amide bonds. The van der Waals surface area contributed by atoms with Crippen molar-refractivity contribution in [3.63, 3.8) is 0 Å². The first-order valence-electron chi connectivity index (χ1n) is 5.21. The van der Waals surface area contributed by atoms with Gasteiger partial charge in [-0.3, -0.25) is 0 Å². The van der Waals surface area contributed by atoms with Crippen LogP contribution in [0.5, 0.6) is 11.5 Å². The minimum atomic E-state index is -0.492. The van der Waals surface area contributed by atoms with Gasteiger partial charge in [-0.15, -0.1) is 12.4 Å². The van der Waals surface area contributed by atoms with Crippen LogP contribution in [0.25, 0.3) is 0 Å². The van der Waals surface area contributed by atoms with Crippen molar-refractivity contribution >= 4 is 35.6 Å². The standard InChI is InChI=1S/C13H10Cl2FNO.ClH/c14-9-2-1-8(7-17)13(5-9)18-10-3-4-12(16)11(15)6-10;/h1-6H,7,17H2;1H. The van der Waals surface area contributed by atoms with Crippen LogP contribution in [0.2, 0.25) is 10.0 Å². The number of hydrogen-bond donors (Lipinski definition) is 1. The minimum Gasteiger partial charge on any atom is -0.457 e. The van der Waals surface area contributed by atoms with Crippen LogP contribution in [0.4, 0.5) is 4.39 Å². The normalized spacial score (nSPS) is 9.89. The smallest absolute Gasteiger partial charge is 0.142 e. The molecule has 19 heavy (non-hydrogen) atoms. The second-order valence-electron chi connectivity index (χ2n) is 3.63. The zero-order chi connectivity index (χ0) is 13.1. The van der Waals surface area contributed by atoms with Crippen LogP contribution in [0.15, 0.2) is 36.4 Å². The quantitative estimate of drug-likeness (QED) is 0.880. The van der Waals surface area contributed by atoms with Crippen molar-refractivity contribution in [2.75, 3.05) is 0 Å². The molecule has 2 aromatic carbocycles. The van der Waals surface area contributed by atoms with Crippen LogP contribution < -0.4 is 10.5 Å². The summed E-state index contributed by atoms with van der Waals surface area (Å²) in [7, 11) is 0. The van der Waals surface area contributed by atoms with Crippen molar-refractivity contribution in [2.24, 2.45) is 5.73 Å². The van der Waals surface area contributed by atoms with Crippen molar-refractivity contribution < 1.29 is 9.13 Å². The van der Waals surface area contributed by atoms with E-state index in [1.54, 1.807) is 18.2 Å². The third-order valence-electron chi connectivity index (χ3n) is 2.37. The molecular formula is C13H11Cl3FNO. The Morgan fingerprint density at radius 2 is 1.84 bits per heavy atom. The molecule has 2 N–H and O–H groups in total. The lowest BCUT2D eigenvalue weighted by Gasteiger charge is -2.10. The lowest BCUT2D eigenvalue weighted by atomic mass is 10.2. The van der Waals surface area contributed by atoms with Gasteiger partial charge in [0, 0.05) is 23.2 Å². The van der Waals surface area contributed by atoms with E-state index in [1.165, 1.54) is 18.2 Å². The van der Waals surface area contributed by atoms with Gasteiger partial charge < -0.3 is 10.5 Å². The first kappa shape index (κ1) is 16.1. The average molecular weight is 323 g/mol. The van der Waals surface area contributed by atoms with Gasteiger partial charge in [0.25, 0.3) is 0 Å². The van der Waals surface area contributed by atoms with E-state index in [0.29, 0.717) is 23.1 Å². The van der Waals surface area contributed by atoms with E-state index in [0.717, 1.165) is 5.56 Å². The van der Waals surface area contributed by atoms with E-state index < -0.39 is 5.82 Å². The number of rotatable bonds is 3. The van der Waals surface area contributed by atoms with Crippen molar-refractivity contribution in [1.29, 1.82) is 0 Å². The number of hydrogen-bond acceptors (Lipinski definition) is 2. The maximum Gasteiger partial charge on any atom is 0.142 e. The van der Waals surface area contributed by atoms with Gasteiger partial charge >= 0.3 is 0 Å². The van der Waals surface area contributed by atoms with Gasteiger partial charge in [0.2, 0.25) is 0 Å². The summed E-state index contributed by atoms with van der Waals surface area (Å²) in [6.45, 7) is 0.321. The highest BCUT2D eigenvalue weighted by atomic mass is 35.5. The van der Waals surface area contributed by atoms with Crippen molar-refractivity contribution in [1.82, 2.24) is 0 Å². The number of ether oxygens (including phenoxy) is 1. The molecule has 0 saturated heterocycles. The molecule has 0 radical (unpaired) electrons. The van der Waals surface area contributed by atoms with Gasteiger partial charge in [-0.25, -0.2) is 4.39 Å². The predicted molar refractivity (Wildman–Crippen MR) is 78.1 cm³/mol. The number of benzene rings is 2. The zero-order valence-corrected chi connectivity index (χ0v) is 12.0. The summed E-state index contributed by atoms with van der Waals surface area (Å²) in [5, 5.41) is 0.541. The number of nitrogens with two attached hydrogens (primary N) is 1. The highest BCUT2D eigenvalue weighted by molar-refractivity contribution is 6.31. The zero-order valence-electron chi connectivity index (χ0n) is 9.70. The van der Waals surface area contributed by atoms with Crippen LogP contribution in [0, 0.1) is 5.82 Å².